The molecule has 0 aromatic heterocycles. The van der Waals surface area contributed by atoms with Gasteiger partial charge in [0.25, 0.3) is 7.82 Å². The summed E-state index contributed by atoms with van der Waals surface area (Å²) in [7, 11) is -4.89. The number of rotatable bonds is 18. The Morgan fingerprint density at radius 2 is 1.56 bits per heavy atom. The van der Waals surface area contributed by atoms with Gasteiger partial charge in [0.1, 0.15) is 12.2 Å². The molecule has 182 valence electrons. The molecule has 0 amide bonds. The van der Waals surface area contributed by atoms with Gasteiger partial charge in [-0.05, 0) is 32.1 Å². The smallest absolute Gasteiger partial charge is 0.756 e. The van der Waals surface area contributed by atoms with Crippen molar-refractivity contribution < 1.29 is 62.7 Å². The fraction of sp³-hybridized carbons (Fsp3) is 0.870. The fourth-order valence-electron chi connectivity index (χ4n) is 3.66. The molecular formula is C23H42NaO7P. The Labute approximate surface area is 216 Å². The molecule has 3 atom stereocenters. The van der Waals surface area contributed by atoms with E-state index in [9.17, 15) is 14.3 Å². The van der Waals surface area contributed by atoms with Crippen LogP contribution in [-0.2, 0) is 23.4 Å². The first-order valence-corrected chi connectivity index (χ1v) is 13.6. The van der Waals surface area contributed by atoms with E-state index in [2.05, 4.69) is 23.6 Å². The molecule has 9 heteroatoms. The minimum Gasteiger partial charge on any atom is -0.756 e. The summed E-state index contributed by atoms with van der Waals surface area (Å²) in [6.07, 6.45) is 19.1. The molecule has 1 unspecified atom stereocenters. The van der Waals surface area contributed by atoms with E-state index in [4.69, 9.17) is 14.4 Å². The molecule has 1 saturated heterocycles. The van der Waals surface area contributed by atoms with Crippen LogP contribution >= 0.6 is 7.82 Å². The van der Waals surface area contributed by atoms with E-state index in [-0.39, 0.29) is 42.1 Å². The van der Waals surface area contributed by atoms with Gasteiger partial charge in [-0.1, -0.05) is 70.4 Å². The summed E-state index contributed by atoms with van der Waals surface area (Å²) in [5.74, 6) is -0.364. The number of phosphoric acid groups is 1. The SMILES string of the molecule is CCCCCCCC/C=C/CCCCCCCC(=O)O[C@H]1CCOC[C@@H]1OP(=O)([O-])O.[Na+]. The zero-order valence-electron chi connectivity index (χ0n) is 20.2. The van der Waals surface area contributed by atoms with Crippen LogP contribution in [0.4, 0.5) is 0 Å². The standard InChI is InChI=1S/C23H43O7P.Na/c1-2-3-4-5-6-7-8-9-10-11-12-13-14-15-16-17-23(24)29-21-18-19-28-20-22(21)30-31(25,26)27;/h9-10,21-22H,2-8,11-20H2,1H3,(H2,25,26,27);/q;+1/p-1/b10-9+;/t21-,22-;/m0./s1. The van der Waals surface area contributed by atoms with E-state index in [0.29, 0.717) is 19.4 Å². The summed E-state index contributed by atoms with van der Waals surface area (Å²) in [5, 5.41) is 0. The molecule has 1 aliphatic rings. The number of carbonyl (C=O) groups excluding carboxylic acids is 1. The molecule has 0 aromatic carbocycles. The molecule has 0 radical (unpaired) electrons. The van der Waals surface area contributed by atoms with E-state index in [1.165, 1.54) is 51.4 Å². The number of hydrogen-bond donors (Lipinski definition) is 1. The van der Waals surface area contributed by atoms with Gasteiger partial charge in [-0.25, -0.2) is 0 Å². The van der Waals surface area contributed by atoms with Crippen molar-refractivity contribution in [2.24, 2.45) is 0 Å². The largest absolute Gasteiger partial charge is 1.00 e. The van der Waals surface area contributed by atoms with Crippen LogP contribution in [0.5, 0.6) is 0 Å². The first-order valence-electron chi connectivity index (χ1n) is 12.1. The molecule has 1 fully saturated rings. The van der Waals surface area contributed by atoms with Gasteiger partial charge in [-0.3, -0.25) is 9.36 Å². The van der Waals surface area contributed by atoms with Crippen LogP contribution in [0.15, 0.2) is 12.2 Å². The zero-order chi connectivity index (χ0) is 22.8. The van der Waals surface area contributed by atoms with Crippen LogP contribution in [0, 0.1) is 0 Å². The number of ether oxygens (including phenoxy) is 2. The van der Waals surface area contributed by atoms with Crippen molar-refractivity contribution in [2.45, 2.75) is 115 Å². The molecule has 0 saturated carbocycles. The molecular weight excluding hydrogens is 442 g/mol. The van der Waals surface area contributed by atoms with E-state index in [0.717, 1.165) is 32.1 Å². The normalized spacial score (nSPS) is 20.6. The number of unbranched alkanes of at least 4 members (excludes halogenated alkanes) is 11. The Kier molecular flexibility index (Phi) is 20.8. The summed E-state index contributed by atoms with van der Waals surface area (Å²) in [6, 6.07) is 0. The first-order chi connectivity index (χ1) is 14.9. The van der Waals surface area contributed by atoms with Crippen LogP contribution in [0.1, 0.15) is 103 Å². The Balaban J connectivity index is 0.00000961. The first kappa shape index (κ1) is 32.3. The van der Waals surface area contributed by atoms with Crippen molar-refractivity contribution in [2.75, 3.05) is 13.2 Å². The summed E-state index contributed by atoms with van der Waals surface area (Å²) < 4.78 is 26.0. The van der Waals surface area contributed by atoms with Crippen molar-refractivity contribution in [1.29, 1.82) is 0 Å². The van der Waals surface area contributed by atoms with Gasteiger partial charge >= 0.3 is 35.5 Å². The van der Waals surface area contributed by atoms with Gasteiger partial charge in [0, 0.05) is 12.8 Å². The zero-order valence-corrected chi connectivity index (χ0v) is 23.1. The minimum atomic E-state index is -4.89. The second-order valence-electron chi connectivity index (χ2n) is 8.34. The monoisotopic (exact) mass is 484 g/mol. The summed E-state index contributed by atoms with van der Waals surface area (Å²) >= 11 is 0. The third kappa shape index (κ3) is 18.7. The summed E-state index contributed by atoms with van der Waals surface area (Å²) in [4.78, 5) is 31.8. The van der Waals surface area contributed by atoms with Crippen LogP contribution < -0.4 is 34.5 Å². The predicted octanol–water partition coefficient (Wildman–Crippen LogP) is 2.21. The van der Waals surface area contributed by atoms with Gasteiger partial charge < -0.3 is 23.8 Å². The number of hydrogen-bond acceptors (Lipinski definition) is 6. The molecule has 0 aliphatic carbocycles. The maximum Gasteiger partial charge on any atom is 1.00 e. The van der Waals surface area contributed by atoms with Gasteiger partial charge in [-0.2, -0.15) is 0 Å². The quantitative estimate of drug-likeness (QED) is 0.105. The summed E-state index contributed by atoms with van der Waals surface area (Å²) in [6.45, 7) is 2.58. The number of carbonyl (C=O) groups is 1. The molecule has 1 aliphatic heterocycles. The molecule has 0 aromatic rings. The van der Waals surface area contributed by atoms with Crippen LogP contribution in [0.2, 0.25) is 0 Å². The maximum absolute atomic E-state index is 12.0. The Bertz CT molecular complexity index is 538. The molecule has 32 heavy (non-hydrogen) atoms. The molecule has 0 spiro atoms. The molecule has 1 heterocycles. The predicted molar refractivity (Wildman–Crippen MR) is 119 cm³/mol. The van der Waals surface area contributed by atoms with Crippen LogP contribution in [0.25, 0.3) is 0 Å². The average molecular weight is 485 g/mol. The number of esters is 1. The third-order valence-electron chi connectivity index (χ3n) is 5.44. The van der Waals surface area contributed by atoms with Gasteiger partial charge in [0.15, 0.2) is 0 Å². The van der Waals surface area contributed by atoms with Crippen molar-refractivity contribution in [3.05, 3.63) is 12.2 Å². The van der Waals surface area contributed by atoms with Crippen molar-refractivity contribution >= 4 is 13.8 Å². The molecule has 7 nitrogen and oxygen atoms in total. The van der Waals surface area contributed by atoms with Crippen molar-refractivity contribution in [3.63, 3.8) is 0 Å². The molecule has 0 bridgehead atoms. The topological polar surface area (TPSA) is 105 Å². The Morgan fingerprint density at radius 3 is 2.16 bits per heavy atom. The number of allylic oxidation sites excluding steroid dienone is 2. The van der Waals surface area contributed by atoms with E-state index in [1.807, 2.05) is 0 Å². The van der Waals surface area contributed by atoms with E-state index in [1.54, 1.807) is 0 Å². The summed E-state index contributed by atoms with van der Waals surface area (Å²) in [5.41, 5.74) is 0. The van der Waals surface area contributed by atoms with Crippen molar-refractivity contribution in [3.8, 4) is 0 Å². The van der Waals surface area contributed by atoms with Crippen LogP contribution in [-0.4, -0.2) is 36.3 Å². The maximum atomic E-state index is 12.0. The minimum absolute atomic E-state index is 0. The third-order valence-corrected chi connectivity index (χ3v) is 5.97. The van der Waals surface area contributed by atoms with Crippen molar-refractivity contribution in [1.82, 2.24) is 0 Å². The van der Waals surface area contributed by atoms with Gasteiger partial charge in [0.05, 0.1) is 13.2 Å². The molecule has 1 N–H and O–H groups in total. The second kappa shape index (κ2) is 20.6. The van der Waals surface area contributed by atoms with Gasteiger partial charge in [0.2, 0.25) is 0 Å². The fourth-order valence-corrected chi connectivity index (χ4v) is 4.20. The average Bonchev–Trinajstić information content (AvgIpc) is 2.71. The van der Waals surface area contributed by atoms with Gasteiger partial charge in [-0.15, -0.1) is 0 Å². The van der Waals surface area contributed by atoms with E-state index < -0.39 is 20.0 Å². The van der Waals surface area contributed by atoms with E-state index >= 15 is 0 Å². The molecule has 1 rings (SSSR count). The number of phosphoric ester groups is 1. The Hall–Kier alpha value is 0.280. The Morgan fingerprint density at radius 1 is 1.00 bits per heavy atom. The second-order valence-corrected chi connectivity index (χ2v) is 9.49. The van der Waals surface area contributed by atoms with Crippen LogP contribution in [0.3, 0.4) is 0 Å².